The minimum Gasteiger partial charge on any atom is -0.345 e. The molecule has 5 atom stereocenters. The van der Waals surface area contributed by atoms with E-state index in [4.69, 9.17) is 0 Å². The minimum atomic E-state index is -0.174. The molecule has 2 fully saturated rings. The average molecular weight is 429 g/mol. The second-order valence-electron chi connectivity index (χ2n) is 9.35. The molecule has 162 valence electrons. The Morgan fingerprint density at radius 1 is 1.20 bits per heavy atom. The maximum Gasteiger partial charge on any atom is 0.321 e. The van der Waals surface area contributed by atoms with E-state index in [1.54, 1.807) is 25.1 Å². The summed E-state index contributed by atoms with van der Waals surface area (Å²) >= 11 is 1.40. The third-order valence-electron chi connectivity index (χ3n) is 6.90. The highest BCUT2D eigenvalue weighted by molar-refractivity contribution is 7.22. The summed E-state index contributed by atoms with van der Waals surface area (Å²) in [5.74, 6) is 2.68. The molecule has 2 aliphatic rings. The molecule has 1 heterocycles. The zero-order chi connectivity index (χ0) is 21.4. The standard InChI is InChI=1S/C23H32N4O2S/c1-5-14-9-15-8-13(2)20(17(10-14)11-15)25-22(29)26-23-24-18-7-6-16(12-19(18)30-23)21(28)27(3)4/h6-7,12-15,17,20H,5,8-11H2,1-4H3,(H2,24,25,26,29). The largest absolute Gasteiger partial charge is 0.345 e. The lowest BCUT2D eigenvalue weighted by molar-refractivity contribution is 0.0685. The molecule has 0 saturated heterocycles. The van der Waals surface area contributed by atoms with Gasteiger partial charge in [-0.3, -0.25) is 10.1 Å². The molecule has 30 heavy (non-hydrogen) atoms. The molecule has 2 N–H and O–H groups in total. The molecule has 6 nitrogen and oxygen atoms in total. The summed E-state index contributed by atoms with van der Waals surface area (Å²) in [6, 6.07) is 5.51. The van der Waals surface area contributed by atoms with Crippen LogP contribution >= 0.6 is 11.3 Å². The molecule has 2 aliphatic carbocycles. The number of carbonyl (C=O) groups is 2. The fraction of sp³-hybridized carbons (Fsp3) is 0.609. The van der Waals surface area contributed by atoms with Gasteiger partial charge in [0.25, 0.3) is 5.91 Å². The van der Waals surface area contributed by atoms with Crippen molar-refractivity contribution >= 4 is 38.6 Å². The number of aromatic nitrogens is 1. The summed E-state index contributed by atoms with van der Waals surface area (Å²) in [6.45, 7) is 4.56. The van der Waals surface area contributed by atoms with Gasteiger partial charge < -0.3 is 10.2 Å². The van der Waals surface area contributed by atoms with Crippen LogP contribution < -0.4 is 10.6 Å². The molecule has 2 bridgehead atoms. The number of benzene rings is 1. The van der Waals surface area contributed by atoms with Crippen molar-refractivity contribution in [3.05, 3.63) is 23.8 Å². The second kappa shape index (κ2) is 8.53. The number of nitrogens with zero attached hydrogens (tertiary/aromatic N) is 2. The number of anilines is 1. The molecular formula is C23H32N4O2S. The molecular weight excluding hydrogens is 396 g/mol. The molecule has 3 amide bonds. The van der Waals surface area contributed by atoms with Crippen molar-refractivity contribution in [3.63, 3.8) is 0 Å². The Hall–Kier alpha value is -2.15. The normalized spacial score (nSPS) is 28.2. The first-order valence-electron chi connectivity index (χ1n) is 11.0. The topological polar surface area (TPSA) is 74.3 Å². The van der Waals surface area contributed by atoms with Crippen LogP contribution in [-0.4, -0.2) is 42.0 Å². The third kappa shape index (κ3) is 4.31. The van der Waals surface area contributed by atoms with E-state index in [9.17, 15) is 9.59 Å². The highest BCUT2D eigenvalue weighted by atomic mass is 32.1. The number of fused-ring (bicyclic) bond motifs is 3. The maximum absolute atomic E-state index is 12.8. The molecule has 7 heteroatoms. The van der Waals surface area contributed by atoms with Crippen LogP contribution in [0.3, 0.4) is 0 Å². The fourth-order valence-electron chi connectivity index (χ4n) is 5.49. The van der Waals surface area contributed by atoms with Crippen LogP contribution in [0.2, 0.25) is 0 Å². The molecule has 5 unspecified atom stereocenters. The van der Waals surface area contributed by atoms with Gasteiger partial charge in [-0.15, -0.1) is 0 Å². The predicted molar refractivity (Wildman–Crippen MR) is 122 cm³/mol. The summed E-state index contributed by atoms with van der Waals surface area (Å²) in [5.41, 5.74) is 1.41. The molecule has 0 aliphatic heterocycles. The molecule has 2 saturated carbocycles. The zero-order valence-corrected chi connectivity index (χ0v) is 19.1. The van der Waals surface area contributed by atoms with Crippen LogP contribution in [0.15, 0.2) is 18.2 Å². The number of hydrogen-bond acceptors (Lipinski definition) is 4. The van der Waals surface area contributed by atoms with Gasteiger partial charge in [0.05, 0.1) is 10.2 Å². The fourth-order valence-corrected chi connectivity index (χ4v) is 6.39. The highest BCUT2D eigenvalue weighted by Gasteiger charge is 2.41. The Balaban J connectivity index is 1.43. The van der Waals surface area contributed by atoms with Crippen LogP contribution in [0.4, 0.5) is 9.93 Å². The van der Waals surface area contributed by atoms with E-state index in [2.05, 4.69) is 29.5 Å². The van der Waals surface area contributed by atoms with Gasteiger partial charge >= 0.3 is 6.03 Å². The summed E-state index contributed by atoms with van der Waals surface area (Å²) in [6.07, 6.45) is 6.29. The van der Waals surface area contributed by atoms with Gasteiger partial charge in [-0.1, -0.05) is 31.6 Å². The molecule has 4 rings (SSSR count). The Bertz CT molecular complexity index is 938. The molecule has 1 aromatic heterocycles. The number of rotatable bonds is 4. The Morgan fingerprint density at radius 3 is 2.73 bits per heavy atom. The summed E-state index contributed by atoms with van der Waals surface area (Å²) in [5, 5.41) is 6.76. The van der Waals surface area contributed by atoms with Crippen molar-refractivity contribution in [2.45, 2.75) is 52.0 Å². The minimum absolute atomic E-state index is 0.0417. The van der Waals surface area contributed by atoms with E-state index >= 15 is 0 Å². The number of carbonyl (C=O) groups excluding carboxylic acids is 2. The number of amides is 3. The van der Waals surface area contributed by atoms with Crippen molar-refractivity contribution < 1.29 is 9.59 Å². The zero-order valence-electron chi connectivity index (χ0n) is 18.3. The summed E-state index contributed by atoms with van der Waals surface area (Å²) in [7, 11) is 3.47. The van der Waals surface area contributed by atoms with E-state index in [0.717, 1.165) is 22.1 Å². The van der Waals surface area contributed by atoms with Gasteiger partial charge in [0.2, 0.25) is 0 Å². The Kier molecular flexibility index (Phi) is 6.00. The average Bonchev–Trinajstić information content (AvgIpc) is 3.11. The quantitative estimate of drug-likeness (QED) is 0.722. The molecule has 0 spiro atoms. The van der Waals surface area contributed by atoms with Crippen molar-refractivity contribution in [2.75, 3.05) is 19.4 Å². The van der Waals surface area contributed by atoms with E-state index in [1.807, 2.05) is 12.1 Å². The second-order valence-corrected chi connectivity index (χ2v) is 10.4. The maximum atomic E-state index is 12.8. The van der Waals surface area contributed by atoms with Crippen molar-refractivity contribution in [1.29, 1.82) is 0 Å². The van der Waals surface area contributed by atoms with Crippen molar-refractivity contribution in [3.8, 4) is 0 Å². The van der Waals surface area contributed by atoms with E-state index in [0.29, 0.717) is 22.5 Å². The number of thiazole rings is 1. The van der Waals surface area contributed by atoms with Gasteiger partial charge in [-0.05, 0) is 67.6 Å². The Morgan fingerprint density at radius 2 is 2.00 bits per heavy atom. The van der Waals surface area contributed by atoms with E-state index < -0.39 is 0 Å². The number of hydrogen-bond donors (Lipinski definition) is 2. The van der Waals surface area contributed by atoms with Crippen LogP contribution in [0.25, 0.3) is 10.2 Å². The predicted octanol–water partition coefficient (Wildman–Crippen LogP) is 4.97. The molecule has 2 aromatic rings. The lowest BCUT2D eigenvalue weighted by Crippen LogP contribution is -2.51. The molecule has 1 aromatic carbocycles. The van der Waals surface area contributed by atoms with Gasteiger partial charge in [0.15, 0.2) is 5.13 Å². The highest BCUT2D eigenvalue weighted by Crippen LogP contribution is 2.45. The van der Waals surface area contributed by atoms with Gasteiger partial charge in [-0.25, -0.2) is 9.78 Å². The van der Waals surface area contributed by atoms with Crippen LogP contribution in [0, 0.1) is 23.7 Å². The first-order chi connectivity index (χ1) is 14.3. The SMILES string of the molecule is CCC1CC2CC(C)C(NC(=O)Nc3nc4ccc(C(=O)N(C)C)cc4s3)C(C1)C2. The summed E-state index contributed by atoms with van der Waals surface area (Å²) < 4.78 is 0.893. The van der Waals surface area contributed by atoms with Crippen molar-refractivity contribution in [1.82, 2.24) is 15.2 Å². The van der Waals surface area contributed by atoms with Gasteiger partial charge in [0, 0.05) is 25.7 Å². The van der Waals surface area contributed by atoms with Crippen LogP contribution in [-0.2, 0) is 0 Å². The monoisotopic (exact) mass is 428 g/mol. The van der Waals surface area contributed by atoms with Crippen LogP contribution in [0.5, 0.6) is 0 Å². The number of urea groups is 1. The third-order valence-corrected chi connectivity index (χ3v) is 7.84. The Labute approximate surface area is 182 Å². The first-order valence-corrected chi connectivity index (χ1v) is 11.9. The lowest BCUT2D eigenvalue weighted by atomic mass is 9.62. The number of nitrogens with one attached hydrogen (secondary N) is 2. The first kappa shape index (κ1) is 21.1. The van der Waals surface area contributed by atoms with Crippen molar-refractivity contribution in [2.24, 2.45) is 23.7 Å². The van der Waals surface area contributed by atoms with Gasteiger partial charge in [0.1, 0.15) is 0 Å². The van der Waals surface area contributed by atoms with E-state index in [1.165, 1.54) is 43.4 Å². The van der Waals surface area contributed by atoms with E-state index in [-0.39, 0.29) is 18.0 Å². The van der Waals surface area contributed by atoms with Gasteiger partial charge in [-0.2, -0.15) is 0 Å². The molecule has 0 radical (unpaired) electrons. The smallest absolute Gasteiger partial charge is 0.321 e. The van der Waals surface area contributed by atoms with Crippen LogP contribution in [0.1, 0.15) is 56.3 Å². The lowest BCUT2D eigenvalue weighted by Gasteiger charge is -2.47. The summed E-state index contributed by atoms with van der Waals surface area (Å²) in [4.78, 5) is 31.0.